The molecule has 0 fully saturated rings. The second kappa shape index (κ2) is 30.1. The second-order valence-corrected chi connectivity index (χ2v) is 12.0. The van der Waals surface area contributed by atoms with Crippen LogP contribution < -0.4 is 0 Å². The number of hydrogen-bond acceptors (Lipinski definition) is 6. The van der Waals surface area contributed by atoms with E-state index in [0.29, 0.717) is 12.8 Å². The number of esters is 2. The average molecular weight is 627 g/mol. The van der Waals surface area contributed by atoms with Crippen LogP contribution in [0.25, 0.3) is 0 Å². The number of carbonyl (C=O) groups excluding carboxylic acids is 2. The van der Waals surface area contributed by atoms with Gasteiger partial charge in [0.05, 0.1) is 6.61 Å². The van der Waals surface area contributed by atoms with E-state index >= 15 is 0 Å². The van der Waals surface area contributed by atoms with Gasteiger partial charge in [-0.2, -0.15) is 0 Å². The van der Waals surface area contributed by atoms with Gasteiger partial charge in [-0.25, -0.2) is 4.57 Å². The molecule has 0 aromatic rings. The topological polar surface area (TPSA) is 119 Å². The highest BCUT2D eigenvalue weighted by Crippen LogP contribution is 2.35. The molecule has 43 heavy (non-hydrogen) atoms. The highest BCUT2D eigenvalue weighted by molar-refractivity contribution is 7.46. The predicted octanol–water partition coefficient (Wildman–Crippen LogP) is 9.23. The fourth-order valence-electron chi connectivity index (χ4n) is 4.14. The first-order valence-corrected chi connectivity index (χ1v) is 18.0. The Morgan fingerprint density at radius 2 is 1.12 bits per heavy atom. The van der Waals surface area contributed by atoms with Gasteiger partial charge in [-0.1, -0.05) is 101 Å². The lowest BCUT2D eigenvalue weighted by molar-refractivity contribution is -0.161. The van der Waals surface area contributed by atoms with Gasteiger partial charge in [-0.15, -0.1) is 0 Å². The highest BCUT2D eigenvalue weighted by Gasteiger charge is 2.22. The number of unbranched alkanes of at least 4 members (excludes halogenated alkanes) is 11. The molecular weight excluding hydrogens is 567 g/mol. The van der Waals surface area contributed by atoms with E-state index in [1.165, 1.54) is 19.3 Å². The van der Waals surface area contributed by atoms with Crippen LogP contribution in [0.2, 0.25) is 0 Å². The van der Waals surface area contributed by atoms with Crippen LogP contribution in [0.1, 0.15) is 136 Å². The van der Waals surface area contributed by atoms with E-state index in [9.17, 15) is 14.2 Å². The van der Waals surface area contributed by atoms with Crippen molar-refractivity contribution in [2.45, 2.75) is 142 Å². The molecule has 0 spiro atoms. The molecule has 248 valence electrons. The van der Waals surface area contributed by atoms with Gasteiger partial charge in [0.1, 0.15) is 6.61 Å². The third-order valence-electron chi connectivity index (χ3n) is 6.58. The van der Waals surface area contributed by atoms with Crippen LogP contribution in [0, 0.1) is 0 Å². The summed E-state index contributed by atoms with van der Waals surface area (Å²) in [5, 5.41) is 0. The van der Waals surface area contributed by atoms with Crippen LogP contribution in [0.5, 0.6) is 0 Å². The summed E-state index contributed by atoms with van der Waals surface area (Å²) in [6, 6.07) is 0. The molecule has 2 N–H and O–H groups in total. The molecule has 0 radical (unpaired) electrons. The SMILES string of the molecule is CC/C=C\C/C=C\C/C=C\CCCCCC(=O)OC(COC(=O)CCCCCCC/C=C\CCCCC)COP(=O)(O)O. The van der Waals surface area contributed by atoms with Crippen LogP contribution in [-0.4, -0.2) is 41.0 Å². The second-order valence-electron chi connectivity index (χ2n) is 10.7. The maximum absolute atomic E-state index is 12.3. The maximum atomic E-state index is 12.3. The first-order chi connectivity index (χ1) is 20.8. The number of phosphoric ester groups is 1. The Bertz CT molecular complexity index is 843. The molecular formula is C34H59O8P. The van der Waals surface area contributed by atoms with Crippen molar-refractivity contribution in [2.24, 2.45) is 0 Å². The van der Waals surface area contributed by atoms with Crippen LogP contribution in [-0.2, 0) is 28.2 Å². The summed E-state index contributed by atoms with van der Waals surface area (Å²) in [7, 11) is -4.75. The standard InChI is InChI=1S/C34H59O8P/c1-3-5-7-9-11-13-15-17-19-21-23-25-27-29-34(36)42-32(31-41-43(37,38)39)30-40-33(35)28-26-24-22-20-18-16-14-12-10-8-6-4-2/h5,7,11-14,17,19,32H,3-4,6,8-10,15-16,18,20-31H2,1-2H3,(H2,37,38,39)/b7-5-,13-11-,14-12-,19-17-. The van der Waals surface area contributed by atoms with Crippen LogP contribution in [0.4, 0.5) is 0 Å². The first kappa shape index (κ1) is 41.0. The monoisotopic (exact) mass is 626 g/mol. The van der Waals surface area contributed by atoms with Gasteiger partial charge in [0.2, 0.25) is 0 Å². The summed E-state index contributed by atoms with van der Waals surface area (Å²) < 4.78 is 26.1. The number of hydrogen-bond donors (Lipinski definition) is 2. The molecule has 0 aliphatic heterocycles. The Morgan fingerprint density at radius 1 is 0.628 bits per heavy atom. The Hall–Kier alpha value is -1.99. The van der Waals surface area contributed by atoms with E-state index in [1.54, 1.807) is 0 Å². The van der Waals surface area contributed by atoms with Gasteiger partial charge < -0.3 is 19.3 Å². The molecule has 9 heteroatoms. The zero-order chi connectivity index (χ0) is 31.9. The Balaban J connectivity index is 4.11. The molecule has 0 aliphatic rings. The van der Waals surface area contributed by atoms with Crippen LogP contribution in [0.15, 0.2) is 48.6 Å². The van der Waals surface area contributed by atoms with Gasteiger partial charge in [0.15, 0.2) is 6.10 Å². The van der Waals surface area contributed by atoms with Gasteiger partial charge >= 0.3 is 19.8 Å². The molecule has 1 unspecified atom stereocenters. The molecule has 1 atom stereocenters. The molecule has 0 saturated heterocycles. The lowest BCUT2D eigenvalue weighted by atomic mass is 10.1. The summed E-state index contributed by atoms with van der Waals surface area (Å²) in [4.78, 5) is 42.5. The molecule has 0 aliphatic carbocycles. The summed E-state index contributed by atoms with van der Waals surface area (Å²) in [5.41, 5.74) is 0. The van der Waals surface area contributed by atoms with Gasteiger partial charge in [-0.3, -0.25) is 14.1 Å². The van der Waals surface area contributed by atoms with Crippen molar-refractivity contribution in [1.29, 1.82) is 0 Å². The molecule has 0 bridgehead atoms. The van der Waals surface area contributed by atoms with E-state index in [4.69, 9.17) is 19.3 Å². The van der Waals surface area contributed by atoms with Crippen molar-refractivity contribution in [2.75, 3.05) is 13.2 Å². The fourth-order valence-corrected chi connectivity index (χ4v) is 4.50. The zero-order valence-electron chi connectivity index (χ0n) is 26.8. The molecule has 0 amide bonds. The Kier molecular flexibility index (Phi) is 28.7. The third-order valence-corrected chi connectivity index (χ3v) is 7.07. The fraction of sp³-hybridized carbons (Fsp3) is 0.706. The van der Waals surface area contributed by atoms with Crippen molar-refractivity contribution in [3.8, 4) is 0 Å². The summed E-state index contributed by atoms with van der Waals surface area (Å²) >= 11 is 0. The lowest BCUT2D eigenvalue weighted by Gasteiger charge is -2.18. The molecule has 0 heterocycles. The predicted molar refractivity (Wildman–Crippen MR) is 174 cm³/mol. The minimum Gasteiger partial charge on any atom is -0.462 e. The van der Waals surface area contributed by atoms with Crippen molar-refractivity contribution in [3.05, 3.63) is 48.6 Å². The van der Waals surface area contributed by atoms with Crippen molar-refractivity contribution in [1.82, 2.24) is 0 Å². The molecule has 8 nitrogen and oxygen atoms in total. The largest absolute Gasteiger partial charge is 0.469 e. The lowest BCUT2D eigenvalue weighted by Crippen LogP contribution is -2.29. The van der Waals surface area contributed by atoms with E-state index in [2.05, 4.69) is 67.0 Å². The zero-order valence-corrected chi connectivity index (χ0v) is 27.7. The normalized spacial score (nSPS) is 13.1. The third kappa shape index (κ3) is 32.8. The van der Waals surface area contributed by atoms with Crippen molar-refractivity contribution < 1.29 is 37.9 Å². The molecule has 0 rings (SSSR count). The number of rotatable bonds is 29. The van der Waals surface area contributed by atoms with Crippen LogP contribution in [0.3, 0.4) is 0 Å². The summed E-state index contributed by atoms with van der Waals surface area (Å²) in [6.45, 7) is 3.47. The minimum atomic E-state index is -4.75. The highest BCUT2D eigenvalue weighted by atomic mass is 31.2. The molecule has 0 saturated carbocycles. The van der Waals surface area contributed by atoms with Crippen molar-refractivity contribution >= 4 is 19.8 Å². The quantitative estimate of drug-likeness (QED) is 0.0365. The van der Waals surface area contributed by atoms with Gasteiger partial charge in [0, 0.05) is 12.8 Å². The van der Waals surface area contributed by atoms with Crippen molar-refractivity contribution in [3.63, 3.8) is 0 Å². The molecule has 0 aromatic carbocycles. The summed E-state index contributed by atoms with van der Waals surface area (Å²) in [5.74, 6) is -0.937. The van der Waals surface area contributed by atoms with E-state index < -0.39 is 32.5 Å². The Labute approximate surface area is 261 Å². The van der Waals surface area contributed by atoms with Gasteiger partial charge in [-0.05, 0) is 70.6 Å². The molecule has 0 aromatic heterocycles. The average Bonchev–Trinajstić information content (AvgIpc) is 2.97. The number of carbonyl (C=O) groups is 2. The summed E-state index contributed by atoms with van der Waals surface area (Å²) in [6.07, 6.45) is 34.1. The smallest absolute Gasteiger partial charge is 0.462 e. The minimum absolute atomic E-state index is 0.173. The number of allylic oxidation sites excluding steroid dienone is 8. The van der Waals surface area contributed by atoms with E-state index in [0.717, 1.165) is 77.0 Å². The maximum Gasteiger partial charge on any atom is 0.469 e. The van der Waals surface area contributed by atoms with Crippen LogP contribution >= 0.6 is 7.82 Å². The number of ether oxygens (including phenoxy) is 2. The van der Waals surface area contributed by atoms with E-state index in [1.807, 2.05) is 0 Å². The Morgan fingerprint density at radius 3 is 1.72 bits per heavy atom. The van der Waals surface area contributed by atoms with Gasteiger partial charge in [0.25, 0.3) is 0 Å². The first-order valence-electron chi connectivity index (χ1n) is 16.4. The van der Waals surface area contributed by atoms with E-state index in [-0.39, 0.29) is 19.4 Å². The number of phosphoric acid groups is 1.